The lowest BCUT2D eigenvalue weighted by Crippen LogP contribution is -2.14. The van der Waals surface area contributed by atoms with Crippen LogP contribution in [-0.4, -0.2) is 20.5 Å². The van der Waals surface area contributed by atoms with Gasteiger partial charge in [-0.2, -0.15) is 0 Å². The van der Waals surface area contributed by atoms with E-state index in [0.717, 1.165) is 17.1 Å². The first kappa shape index (κ1) is 9.65. The smallest absolute Gasteiger partial charge is 0.336 e. The van der Waals surface area contributed by atoms with E-state index in [1.54, 1.807) is 6.07 Å². The lowest BCUT2D eigenvalue weighted by Gasteiger charge is -1.96. The highest BCUT2D eigenvalue weighted by atomic mass is 16.4. The van der Waals surface area contributed by atoms with Gasteiger partial charge >= 0.3 is 5.97 Å². The molecular formula is C12H8N2O3. The molecule has 17 heavy (non-hydrogen) atoms. The molecular weight excluding hydrogens is 220 g/mol. The van der Waals surface area contributed by atoms with E-state index in [0.29, 0.717) is 5.65 Å². The number of carboxylic acid groups (broad SMARTS) is 1. The molecule has 0 atom stereocenters. The third kappa shape index (κ3) is 1.32. The van der Waals surface area contributed by atoms with E-state index in [-0.39, 0.29) is 11.1 Å². The standard InChI is InChI=1S/C12H8N2O3/c15-11-6-7(12(16)17)5-10-13-8-3-1-2-4-9(8)14(10)11/h1-6,13H,(H,16,17). The Morgan fingerprint density at radius 1 is 1.24 bits per heavy atom. The molecule has 1 aromatic carbocycles. The summed E-state index contributed by atoms with van der Waals surface area (Å²) in [5.74, 6) is -1.11. The van der Waals surface area contributed by atoms with Gasteiger partial charge in [0.2, 0.25) is 0 Å². The van der Waals surface area contributed by atoms with Crippen molar-refractivity contribution in [3.05, 3.63) is 52.3 Å². The summed E-state index contributed by atoms with van der Waals surface area (Å²) in [6.07, 6.45) is 0. The number of H-pyrrole nitrogens is 1. The van der Waals surface area contributed by atoms with E-state index >= 15 is 0 Å². The zero-order valence-electron chi connectivity index (χ0n) is 8.68. The second kappa shape index (κ2) is 3.21. The number of rotatable bonds is 1. The van der Waals surface area contributed by atoms with Gasteiger partial charge in [-0.05, 0) is 18.2 Å². The van der Waals surface area contributed by atoms with Crippen LogP contribution in [0.4, 0.5) is 0 Å². The first-order valence-electron chi connectivity index (χ1n) is 5.03. The predicted octanol–water partition coefficient (Wildman–Crippen LogP) is 1.48. The van der Waals surface area contributed by atoms with Crippen LogP contribution >= 0.6 is 0 Å². The number of imidazole rings is 1. The maximum absolute atomic E-state index is 11.9. The zero-order valence-corrected chi connectivity index (χ0v) is 8.68. The Bertz CT molecular complexity index is 798. The minimum absolute atomic E-state index is 0.0124. The normalized spacial score (nSPS) is 11.1. The summed E-state index contributed by atoms with van der Waals surface area (Å²) in [4.78, 5) is 25.7. The molecule has 2 heterocycles. The molecule has 0 fully saturated rings. The monoisotopic (exact) mass is 228 g/mol. The van der Waals surface area contributed by atoms with Gasteiger partial charge in [-0.1, -0.05) is 12.1 Å². The molecule has 0 unspecified atom stereocenters. The molecule has 0 radical (unpaired) electrons. The van der Waals surface area contributed by atoms with Gasteiger partial charge in [0.15, 0.2) is 0 Å². The van der Waals surface area contributed by atoms with Crippen molar-refractivity contribution >= 4 is 22.6 Å². The summed E-state index contributed by atoms with van der Waals surface area (Å²) in [6, 6.07) is 9.89. The average Bonchev–Trinajstić information content (AvgIpc) is 2.67. The Hall–Kier alpha value is -2.56. The van der Waals surface area contributed by atoms with Gasteiger partial charge < -0.3 is 10.1 Å². The highest BCUT2D eigenvalue weighted by Crippen LogP contribution is 2.14. The van der Waals surface area contributed by atoms with Gasteiger partial charge in [0, 0.05) is 6.07 Å². The van der Waals surface area contributed by atoms with Crippen LogP contribution in [-0.2, 0) is 0 Å². The Labute approximate surface area is 94.9 Å². The number of aromatic amines is 1. The molecule has 0 aliphatic rings. The van der Waals surface area contributed by atoms with Gasteiger partial charge in [-0.3, -0.25) is 9.20 Å². The number of aromatic nitrogens is 2. The van der Waals surface area contributed by atoms with Gasteiger partial charge in [0.1, 0.15) is 5.65 Å². The second-order valence-corrected chi connectivity index (χ2v) is 3.75. The maximum Gasteiger partial charge on any atom is 0.336 e. The minimum Gasteiger partial charge on any atom is -0.478 e. The van der Waals surface area contributed by atoms with Crippen molar-refractivity contribution in [1.82, 2.24) is 9.38 Å². The molecule has 0 spiro atoms. The fourth-order valence-corrected chi connectivity index (χ4v) is 1.95. The molecule has 2 N–H and O–H groups in total. The lowest BCUT2D eigenvalue weighted by atomic mass is 10.2. The van der Waals surface area contributed by atoms with Crippen LogP contribution in [0.5, 0.6) is 0 Å². The Morgan fingerprint density at radius 3 is 2.76 bits per heavy atom. The Morgan fingerprint density at radius 2 is 2.00 bits per heavy atom. The molecule has 0 amide bonds. The van der Waals surface area contributed by atoms with Crippen LogP contribution in [0.2, 0.25) is 0 Å². The molecule has 5 heteroatoms. The number of pyridine rings is 1. The summed E-state index contributed by atoms with van der Waals surface area (Å²) >= 11 is 0. The quantitative estimate of drug-likeness (QED) is 0.662. The highest BCUT2D eigenvalue weighted by molar-refractivity contribution is 5.90. The Kier molecular flexibility index (Phi) is 1.82. The number of aromatic carboxylic acids is 1. The van der Waals surface area contributed by atoms with Crippen molar-refractivity contribution in [2.24, 2.45) is 0 Å². The number of fused-ring (bicyclic) bond motifs is 3. The van der Waals surface area contributed by atoms with E-state index in [1.807, 2.05) is 18.2 Å². The van der Waals surface area contributed by atoms with Gasteiger partial charge in [0.05, 0.1) is 16.6 Å². The van der Waals surface area contributed by atoms with Crippen molar-refractivity contribution in [3.63, 3.8) is 0 Å². The summed E-state index contributed by atoms with van der Waals surface area (Å²) in [5, 5.41) is 8.88. The SMILES string of the molecule is O=C(O)c1cc(=O)n2c(c1)[nH]c1ccccc12. The number of nitrogens with zero attached hydrogens (tertiary/aromatic N) is 1. The average molecular weight is 228 g/mol. The van der Waals surface area contributed by atoms with Crippen LogP contribution in [0.1, 0.15) is 10.4 Å². The third-order valence-corrected chi connectivity index (χ3v) is 2.69. The second-order valence-electron chi connectivity index (χ2n) is 3.75. The van der Waals surface area contributed by atoms with Crippen molar-refractivity contribution in [1.29, 1.82) is 0 Å². The van der Waals surface area contributed by atoms with Gasteiger partial charge in [0.25, 0.3) is 5.56 Å². The van der Waals surface area contributed by atoms with E-state index in [9.17, 15) is 9.59 Å². The van der Waals surface area contributed by atoms with Crippen molar-refractivity contribution < 1.29 is 9.90 Å². The molecule has 3 aromatic rings. The molecule has 0 saturated heterocycles. The molecule has 0 bridgehead atoms. The molecule has 0 saturated carbocycles. The first-order valence-corrected chi connectivity index (χ1v) is 5.03. The fraction of sp³-hybridized carbons (Fsp3) is 0. The fourth-order valence-electron chi connectivity index (χ4n) is 1.95. The number of para-hydroxylation sites is 2. The summed E-state index contributed by atoms with van der Waals surface area (Å²) in [5.41, 5.74) is 1.66. The third-order valence-electron chi connectivity index (χ3n) is 2.69. The van der Waals surface area contributed by atoms with Crippen molar-refractivity contribution in [2.75, 3.05) is 0 Å². The summed E-state index contributed by atoms with van der Waals surface area (Å²) in [6.45, 7) is 0. The van der Waals surface area contributed by atoms with Crippen molar-refractivity contribution in [3.8, 4) is 0 Å². The van der Waals surface area contributed by atoms with E-state index in [1.165, 1.54) is 10.5 Å². The summed E-state index contributed by atoms with van der Waals surface area (Å²) in [7, 11) is 0. The van der Waals surface area contributed by atoms with Crippen LogP contribution in [0.3, 0.4) is 0 Å². The minimum atomic E-state index is -1.11. The number of nitrogens with one attached hydrogen (secondary N) is 1. The van der Waals surface area contributed by atoms with Crippen LogP contribution in [0.25, 0.3) is 16.7 Å². The maximum atomic E-state index is 11.9. The number of carboxylic acids is 1. The number of hydrogen-bond acceptors (Lipinski definition) is 2. The Balaban J connectivity index is 2.53. The molecule has 84 valence electrons. The number of benzene rings is 1. The first-order chi connectivity index (χ1) is 8.16. The topological polar surface area (TPSA) is 74.6 Å². The van der Waals surface area contributed by atoms with Gasteiger partial charge in [-0.25, -0.2) is 4.79 Å². The number of hydrogen-bond donors (Lipinski definition) is 2. The molecule has 0 aliphatic carbocycles. The molecule has 0 aliphatic heterocycles. The van der Waals surface area contributed by atoms with Crippen molar-refractivity contribution in [2.45, 2.75) is 0 Å². The van der Waals surface area contributed by atoms with Crippen LogP contribution in [0, 0.1) is 0 Å². The van der Waals surface area contributed by atoms with E-state index in [4.69, 9.17) is 5.11 Å². The van der Waals surface area contributed by atoms with Crippen LogP contribution < -0.4 is 5.56 Å². The highest BCUT2D eigenvalue weighted by Gasteiger charge is 2.10. The predicted molar refractivity (Wildman–Crippen MR) is 62.5 cm³/mol. The molecule has 3 rings (SSSR count). The van der Waals surface area contributed by atoms with E-state index < -0.39 is 5.97 Å². The molecule has 5 nitrogen and oxygen atoms in total. The zero-order chi connectivity index (χ0) is 12.0. The summed E-state index contributed by atoms with van der Waals surface area (Å²) < 4.78 is 1.46. The largest absolute Gasteiger partial charge is 0.478 e. The number of carbonyl (C=O) groups is 1. The molecule has 2 aromatic heterocycles. The van der Waals surface area contributed by atoms with Gasteiger partial charge in [-0.15, -0.1) is 0 Å². The van der Waals surface area contributed by atoms with Crippen LogP contribution in [0.15, 0.2) is 41.2 Å². The van der Waals surface area contributed by atoms with E-state index in [2.05, 4.69) is 4.98 Å². The lowest BCUT2D eigenvalue weighted by molar-refractivity contribution is 0.0696.